The van der Waals surface area contributed by atoms with E-state index in [1.807, 2.05) is 27.7 Å². The van der Waals surface area contributed by atoms with Crippen LogP contribution in [0.4, 0.5) is 4.79 Å². The Kier molecular flexibility index (Phi) is 2.85. The van der Waals surface area contributed by atoms with Crippen LogP contribution in [0.5, 0.6) is 0 Å². The van der Waals surface area contributed by atoms with Crippen molar-refractivity contribution in [1.82, 2.24) is 10.1 Å². The Hall–Kier alpha value is -1.52. The van der Waals surface area contributed by atoms with Crippen LogP contribution in [0.1, 0.15) is 37.8 Å². The van der Waals surface area contributed by atoms with E-state index in [2.05, 4.69) is 5.16 Å². The van der Waals surface area contributed by atoms with E-state index in [1.54, 1.807) is 4.90 Å². The summed E-state index contributed by atoms with van der Waals surface area (Å²) in [6, 6.07) is 0. The molecule has 1 aliphatic rings. The lowest BCUT2D eigenvalue weighted by Crippen LogP contribution is -2.39. The molecule has 0 bridgehead atoms. The molecule has 0 fully saturated rings. The maximum Gasteiger partial charge on any atom is 0.410 e. The monoisotopic (exact) mass is 238 g/mol. The van der Waals surface area contributed by atoms with Crippen LogP contribution in [0, 0.1) is 6.92 Å². The molecule has 17 heavy (non-hydrogen) atoms. The normalized spacial score (nSPS) is 15.6. The van der Waals surface area contributed by atoms with Crippen LogP contribution < -0.4 is 0 Å². The lowest BCUT2D eigenvalue weighted by Gasteiger charge is -2.29. The molecule has 1 amide bonds. The number of aromatic nitrogens is 1. The fourth-order valence-corrected chi connectivity index (χ4v) is 1.82. The molecule has 0 saturated heterocycles. The molecular weight excluding hydrogens is 220 g/mol. The van der Waals surface area contributed by atoms with E-state index in [0.29, 0.717) is 19.5 Å². The van der Waals surface area contributed by atoms with Crippen LogP contribution in [0.15, 0.2) is 4.52 Å². The number of hydrogen-bond acceptors (Lipinski definition) is 4. The van der Waals surface area contributed by atoms with Crippen LogP contribution in [0.3, 0.4) is 0 Å². The molecular formula is C12H18N2O3. The van der Waals surface area contributed by atoms with Crippen LogP contribution in [0.2, 0.25) is 0 Å². The summed E-state index contributed by atoms with van der Waals surface area (Å²) in [7, 11) is 0. The van der Waals surface area contributed by atoms with Gasteiger partial charge in [-0.25, -0.2) is 4.79 Å². The third kappa shape index (κ3) is 2.60. The number of carbonyl (C=O) groups is 1. The van der Waals surface area contributed by atoms with Gasteiger partial charge in [-0.2, -0.15) is 0 Å². The SMILES string of the molecule is Cc1noc2c1CN(C(=O)OC(C)(C)C)CC2. The molecule has 0 spiro atoms. The molecule has 5 nitrogen and oxygen atoms in total. The van der Waals surface area contributed by atoms with Gasteiger partial charge < -0.3 is 14.2 Å². The summed E-state index contributed by atoms with van der Waals surface area (Å²) >= 11 is 0. The first-order chi connectivity index (χ1) is 7.87. The van der Waals surface area contributed by atoms with Crippen molar-refractivity contribution in [2.45, 2.75) is 46.3 Å². The van der Waals surface area contributed by atoms with E-state index in [-0.39, 0.29) is 6.09 Å². The number of ether oxygens (including phenoxy) is 1. The van der Waals surface area contributed by atoms with E-state index in [0.717, 1.165) is 17.0 Å². The highest BCUT2D eigenvalue weighted by molar-refractivity contribution is 5.68. The molecule has 5 heteroatoms. The third-order valence-electron chi connectivity index (χ3n) is 2.68. The summed E-state index contributed by atoms with van der Waals surface area (Å²) in [5.41, 5.74) is 1.41. The van der Waals surface area contributed by atoms with Gasteiger partial charge in [0.1, 0.15) is 11.4 Å². The minimum absolute atomic E-state index is 0.274. The standard InChI is InChI=1S/C12H18N2O3/c1-8-9-7-14(6-5-10(9)17-13-8)11(15)16-12(2,3)4/h5-7H2,1-4H3. The second kappa shape index (κ2) is 4.05. The molecule has 2 rings (SSSR count). The molecule has 94 valence electrons. The smallest absolute Gasteiger partial charge is 0.410 e. The summed E-state index contributed by atoms with van der Waals surface area (Å²) in [5, 5.41) is 3.91. The highest BCUT2D eigenvalue weighted by Gasteiger charge is 2.28. The van der Waals surface area contributed by atoms with Crippen molar-refractivity contribution in [3.05, 3.63) is 17.0 Å². The molecule has 0 radical (unpaired) electrons. The Balaban J connectivity index is 2.07. The van der Waals surface area contributed by atoms with E-state index in [9.17, 15) is 4.79 Å². The number of carbonyl (C=O) groups excluding carboxylic acids is 1. The van der Waals surface area contributed by atoms with Gasteiger partial charge in [-0.3, -0.25) is 0 Å². The van der Waals surface area contributed by atoms with Crippen molar-refractivity contribution in [3.63, 3.8) is 0 Å². The summed E-state index contributed by atoms with van der Waals surface area (Å²) in [5.74, 6) is 0.891. The Morgan fingerprint density at radius 3 is 2.82 bits per heavy atom. The predicted molar refractivity (Wildman–Crippen MR) is 61.6 cm³/mol. The minimum atomic E-state index is -0.457. The summed E-state index contributed by atoms with van der Waals surface area (Å²) < 4.78 is 10.5. The largest absolute Gasteiger partial charge is 0.444 e. The van der Waals surface area contributed by atoms with Crippen molar-refractivity contribution in [2.75, 3.05) is 6.54 Å². The van der Waals surface area contributed by atoms with Crippen molar-refractivity contribution >= 4 is 6.09 Å². The van der Waals surface area contributed by atoms with Gasteiger partial charge in [-0.1, -0.05) is 5.16 Å². The lowest BCUT2D eigenvalue weighted by molar-refractivity contribution is 0.0218. The van der Waals surface area contributed by atoms with Gasteiger partial charge in [-0.05, 0) is 27.7 Å². The summed E-state index contributed by atoms with van der Waals surface area (Å²) in [4.78, 5) is 13.6. The molecule has 0 atom stereocenters. The van der Waals surface area contributed by atoms with Crippen LogP contribution >= 0.6 is 0 Å². The molecule has 1 aromatic rings. The van der Waals surface area contributed by atoms with E-state index < -0.39 is 5.60 Å². The Morgan fingerprint density at radius 1 is 1.47 bits per heavy atom. The van der Waals surface area contributed by atoms with Crippen molar-refractivity contribution in [3.8, 4) is 0 Å². The number of rotatable bonds is 0. The maximum atomic E-state index is 11.9. The fraction of sp³-hybridized carbons (Fsp3) is 0.667. The zero-order valence-corrected chi connectivity index (χ0v) is 10.7. The van der Waals surface area contributed by atoms with Gasteiger partial charge in [0.05, 0.1) is 12.2 Å². The first-order valence-corrected chi connectivity index (χ1v) is 5.79. The second-order valence-electron chi connectivity index (χ2n) is 5.32. The van der Waals surface area contributed by atoms with Gasteiger partial charge in [0.2, 0.25) is 0 Å². The molecule has 0 N–H and O–H groups in total. The van der Waals surface area contributed by atoms with E-state index >= 15 is 0 Å². The van der Waals surface area contributed by atoms with E-state index in [1.165, 1.54) is 0 Å². The first-order valence-electron chi connectivity index (χ1n) is 5.79. The Bertz CT molecular complexity index is 431. The summed E-state index contributed by atoms with van der Waals surface area (Å²) in [6.07, 6.45) is 0.429. The van der Waals surface area contributed by atoms with Crippen LogP contribution in [-0.4, -0.2) is 28.3 Å². The van der Waals surface area contributed by atoms with Crippen molar-refractivity contribution < 1.29 is 14.1 Å². The molecule has 0 aliphatic carbocycles. The quantitative estimate of drug-likeness (QED) is 0.695. The molecule has 0 saturated carbocycles. The molecule has 1 aliphatic heterocycles. The summed E-state index contributed by atoms with van der Waals surface area (Å²) in [6.45, 7) is 8.64. The predicted octanol–water partition coefficient (Wildman–Crippen LogP) is 2.28. The molecule has 2 heterocycles. The highest BCUT2D eigenvalue weighted by atomic mass is 16.6. The average Bonchev–Trinajstić information content (AvgIpc) is 2.57. The van der Waals surface area contributed by atoms with Crippen LogP contribution in [-0.2, 0) is 17.7 Å². The fourth-order valence-electron chi connectivity index (χ4n) is 1.82. The zero-order valence-electron chi connectivity index (χ0n) is 10.7. The third-order valence-corrected chi connectivity index (χ3v) is 2.68. The van der Waals surface area contributed by atoms with Gasteiger partial charge in [-0.15, -0.1) is 0 Å². The topological polar surface area (TPSA) is 55.6 Å². The molecule has 1 aromatic heterocycles. The first kappa shape index (κ1) is 12.0. The van der Waals surface area contributed by atoms with Gasteiger partial charge >= 0.3 is 6.09 Å². The number of nitrogens with zero attached hydrogens (tertiary/aromatic N) is 2. The average molecular weight is 238 g/mol. The zero-order chi connectivity index (χ0) is 12.6. The van der Waals surface area contributed by atoms with Gasteiger partial charge in [0.25, 0.3) is 0 Å². The van der Waals surface area contributed by atoms with Gasteiger partial charge in [0, 0.05) is 18.5 Å². The van der Waals surface area contributed by atoms with Crippen molar-refractivity contribution in [2.24, 2.45) is 0 Å². The van der Waals surface area contributed by atoms with Crippen LogP contribution in [0.25, 0.3) is 0 Å². The van der Waals surface area contributed by atoms with Crippen molar-refractivity contribution in [1.29, 1.82) is 0 Å². The number of hydrogen-bond donors (Lipinski definition) is 0. The lowest BCUT2D eigenvalue weighted by atomic mass is 10.1. The Morgan fingerprint density at radius 2 is 2.18 bits per heavy atom. The van der Waals surface area contributed by atoms with Gasteiger partial charge in [0.15, 0.2) is 0 Å². The maximum absolute atomic E-state index is 11.9. The number of fused-ring (bicyclic) bond motifs is 1. The molecule has 0 unspecified atom stereocenters. The molecule has 0 aromatic carbocycles. The highest BCUT2D eigenvalue weighted by Crippen LogP contribution is 2.23. The Labute approximate surface area is 101 Å². The minimum Gasteiger partial charge on any atom is -0.444 e. The second-order valence-corrected chi connectivity index (χ2v) is 5.32. The number of aryl methyl sites for hydroxylation is 1. The number of amides is 1. The van der Waals surface area contributed by atoms with E-state index in [4.69, 9.17) is 9.26 Å².